The Morgan fingerprint density at radius 3 is 1.36 bits per heavy atom. The van der Waals surface area contributed by atoms with Gasteiger partial charge in [0.1, 0.15) is 11.6 Å². The molecule has 4 heteroatoms. The van der Waals surface area contributed by atoms with Gasteiger partial charge in [0.2, 0.25) is 0 Å². The van der Waals surface area contributed by atoms with Crippen LogP contribution in [-0.4, -0.2) is 11.3 Å². The first-order chi connectivity index (χ1) is 16.9. The van der Waals surface area contributed by atoms with Crippen molar-refractivity contribution in [2.75, 3.05) is 0 Å². The summed E-state index contributed by atoms with van der Waals surface area (Å²) in [4.78, 5) is 0. The fraction of sp³-hybridized carbons (Fsp3) is 0.250. The topological polar surface area (TPSA) is 4.93 Å². The van der Waals surface area contributed by atoms with Crippen LogP contribution in [0.3, 0.4) is 0 Å². The van der Waals surface area contributed by atoms with Crippen molar-refractivity contribution in [3.63, 3.8) is 0 Å². The predicted molar refractivity (Wildman–Crippen MR) is 148 cm³/mol. The average molecular weight is 475 g/mol. The molecule has 4 aromatic carbocycles. The van der Waals surface area contributed by atoms with Gasteiger partial charge in [-0.05, 0) is 92.5 Å². The number of hydrogen-bond donors (Lipinski definition) is 0. The molecule has 0 atom stereocenters. The first kappa shape index (κ1) is 21.9. The van der Waals surface area contributed by atoms with Gasteiger partial charge in [0.15, 0.2) is 0 Å². The Morgan fingerprint density at radius 1 is 0.556 bits per heavy atom. The molecule has 0 bridgehead atoms. The second-order valence-electron chi connectivity index (χ2n) is 12.6. The third-order valence-electron chi connectivity index (χ3n) is 8.18. The van der Waals surface area contributed by atoms with E-state index in [0.29, 0.717) is 0 Å². The lowest BCUT2D eigenvalue weighted by molar-refractivity contribution is 0.590. The van der Waals surface area contributed by atoms with E-state index in [1.54, 1.807) is 24.3 Å². The molecule has 0 spiro atoms. The molecular weight excluding hydrogens is 447 g/mol. The molecular formula is C32H28BF2N. The van der Waals surface area contributed by atoms with E-state index in [1.807, 2.05) is 12.1 Å². The van der Waals surface area contributed by atoms with Gasteiger partial charge in [-0.3, -0.25) is 0 Å². The number of halogens is 2. The number of aromatic nitrogens is 1. The minimum absolute atomic E-state index is 0.0487. The van der Waals surface area contributed by atoms with Crippen molar-refractivity contribution in [2.45, 2.75) is 52.4 Å². The third-order valence-corrected chi connectivity index (χ3v) is 8.18. The molecule has 7 rings (SSSR count). The fourth-order valence-corrected chi connectivity index (χ4v) is 6.30. The SMILES string of the molecule is CC(C)(C)c1cc2c3c(c1)c1cc(C(C)(C)C)cc4c1n3B(c1cc(F)ccc1-2)c1cc(F)ccc1-4. The van der Waals surface area contributed by atoms with Crippen LogP contribution in [0.5, 0.6) is 0 Å². The van der Waals surface area contributed by atoms with Crippen LogP contribution < -0.4 is 10.9 Å². The Kier molecular flexibility index (Phi) is 4.05. The molecule has 3 heterocycles. The Bertz CT molecular complexity index is 1650. The molecule has 0 saturated carbocycles. The van der Waals surface area contributed by atoms with Gasteiger partial charge >= 0.3 is 6.85 Å². The van der Waals surface area contributed by atoms with Crippen LogP contribution in [0, 0.1) is 11.6 Å². The van der Waals surface area contributed by atoms with Gasteiger partial charge in [0.25, 0.3) is 0 Å². The van der Waals surface area contributed by atoms with Gasteiger partial charge < -0.3 is 4.48 Å². The zero-order valence-corrected chi connectivity index (χ0v) is 21.6. The minimum atomic E-state index is -0.276. The second kappa shape index (κ2) is 6.67. The highest BCUT2D eigenvalue weighted by Gasteiger charge is 2.40. The van der Waals surface area contributed by atoms with E-state index in [-0.39, 0.29) is 29.3 Å². The van der Waals surface area contributed by atoms with E-state index in [1.165, 1.54) is 21.9 Å². The molecule has 1 aromatic heterocycles. The molecule has 178 valence electrons. The molecule has 5 aromatic rings. The normalized spacial score (nSPS) is 14.1. The summed E-state index contributed by atoms with van der Waals surface area (Å²) < 4.78 is 31.9. The Balaban J connectivity index is 1.78. The van der Waals surface area contributed by atoms with Crippen LogP contribution in [0.4, 0.5) is 8.78 Å². The summed E-state index contributed by atoms with van der Waals surface area (Å²) in [6.07, 6.45) is 0. The van der Waals surface area contributed by atoms with Crippen LogP contribution >= 0.6 is 0 Å². The Hall–Kier alpha value is -3.40. The van der Waals surface area contributed by atoms with E-state index in [9.17, 15) is 8.78 Å². The smallest absolute Gasteiger partial charge is 0.329 e. The molecule has 0 saturated heterocycles. The maximum Gasteiger partial charge on any atom is 0.329 e. The van der Waals surface area contributed by atoms with E-state index in [4.69, 9.17) is 0 Å². The van der Waals surface area contributed by atoms with Crippen molar-refractivity contribution in [3.8, 4) is 22.3 Å². The van der Waals surface area contributed by atoms with Crippen molar-refractivity contribution >= 4 is 39.6 Å². The summed E-state index contributed by atoms with van der Waals surface area (Å²) in [7, 11) is 0. The highest BCUT2D eigenvalue weighted by Crippen LogP contribution is 2.47. The third kappa shape index (κ3) is 2.76. The minimum Gasteiger partial charge on any atom is -0.375 e. The van der Waals surface area contributed by atoms with Crippen molar-refractivity contribution < 1.29 is 8.78 Å². The second-order valence-corrected chi connectivity index (χ2v) is 12.6. The van der Waals surface area contributed by atoms with Crippen molar-refractivity contribution in [3.05, 3.63) is 83.4 Å². The molecule has 0 unspecified atom stereocenters. The lowest BCUT2D eigenvalue weighted by Crippen LogP contribution is -2.53. The summed E-state index contributed by atoms with van der Waals surface area (Å²) in [5, 5.41) is 2.43. The van der Waals surface area contributed by atoms with Gasteiger partial charge in [0, 0.05) is 32.9 Å². The number of rotatable bonds is 0. The van der Waals surface area contributed by atoms with Gasteiger partial charge in [0.05, 0.1) is 0 Å². The standard InChI is InChI=1S/C32H28BF2N/c1-31(2,3)17-11-23-21-9-7-19(34)15-27(21)33-28-16-20(35)8-10-22(28)24-12-18(32(4,5)6)14-26-25(13-17)29(23)36(33)30(24)26/h7-16H,1-6H3. The summed E-state index contributed by atoms with van der Waals surface area (Å²) in [5.74, 6) is -0.536. The Morgan fingerprint density at radius 2 is 0.972 bits per heavy atom. The molecule has 36 heavy (non-hydrogen) atoms. The molecule has 2 aliphatic rings. The molecule has 0 aliphatic carbocycles. The van der Waals surface area contributed by atoms with Crippen LogP contribution in [0.25, 0.3) is 44.1 Å². The van der Waals surface area contributed by atoms with Gasteiger partial charge in [-0.25, -0.2) is 8.78 Å². The fourth-order valence-electron chi connectivity index (χ4n) is 6.30. The van der Waals surface area contributed by atoms with E-state index in [0.717, 1.165) is 44.2 Å². The highest BCUT2D eigenvalue weighted by atomic mass is 19.1. The van der Waals surface area contributed by atoms with Crippen LogP contribution in [-0.2, 0) is 10.8 Å². The summed E-state index contributed by atoms with van der Waals surface area (Å²) in [6, 6.07) is 19.4. The zero-order chi connectivity index (χ0) is 25.3. The largest absolute Gasteiger partial charge is 0.375 e. The first-order valence-electron chi connectivity index (χ1n) is 12.7. The number of nitrogens with zero attached hydrogens (tertiary/aromatic N) is 1. The van der Waals surface area contributed by atoms with Gasteiger partial charge in [-0.2, -0.15) is 0 Å². The molecule has 2 aliphatic heterocycles. The molecule has 0 N–H and O–H groups in total. The molecule has 0 amide bonds. The summed E-state index contributed by atoms with van der Waals surface area (Å²) >= 11 is 0. The van der Waals surface area contributed by atoms with Crippen LogP contribution in [0.15, 0.2) is 60.7 Å². The monoisotopic (exact) mass is 475 g/mol. The van der Waals surface area contributed by atoms with Crippen LogP contribution in [0.1, 0.15) is 52.7 Å². The van der Waals surface area contributed by atoms with Crippen molar-refractivity contribution in [1.82, 2.24) is 4.48 Å². The van der Waals surface area contributed by atoms with Gasteiger partial charge in [-0.1, -0.05) is 53.7 Å². The summed E-state index contributed by atoms with van der Waals surface area (Å²) in [5.41, 5.74) is 10.8. The zero-order valence-electron chi connectivity index (χ0n) is 21.6. The average Bonchev–Trinajstić information content (AvgIpc) is 3.13. The van der Waals surface area contributed by atoms with Gasteiger partial charge in [-0.15, -0.1) is 0 Å². The molecule has 1 nitrogen and oxygen atoms in total. The lowest BCUT2D eigenvalue weighted by atomic mass is 9.45. The number of benzene rings is 4. The number of hydrogen-bond acceptors (Lipinski definition) is 0. The highest BCUT2D eigenvalue weighted by molar-refractivity contribution is 6.88. The summed E-state index contributed by atoms with van der Waals surface area (Å²) in [6.45, 7) is 13.1. The molecule has 0 radical (unpaired) electrons. The van der Waals surface area contributed by atoms with E-state index >= 15 is 0 Å². The number of fused-ring (bicyclic) bond motifs is 7. The van der Waals surface area contributed by atoms with E-state index in [2.05, 4.69) is 70.3 Å². The van der Waals surface area contributed by atoms with Crippen molar-refractivity contribution in [2.24, 2.45) is 0 Å². The Labute approximate surface area is 210 Å². The molecule has 0 fully saturated rings. The maximum absolute atomic E-state index is 14.8. The quantitative estimate of drug-likeness (QED) is 0.203. The van der Waals surface area contributed by atoms with Crippen LogP contribution in [0.2, 0.25) is 0 Å². The van der Waals surface area contributed by atoms with Crippen molar-refractivity contribution in [1.29, 1.82) is 0 Å². The first-order valence-corrected chi connectivity index (χ1v) is 12.7. The lowest BCUT2D eigenvalue weighted by Gasteiger charge is -2.33. The maximum atomic E-state index is 14.8. The predicted octanol–water partition coefficient (Wildman–Crippen LogP) is 7.28. The van der Waals surface area contributed by atoms with E-state index < -0.39 is 0 Å².